The van der Waals surface area contributed by atoms with Crippen molar-refractivity contribution in [3.8, 4) is 11.5 Å². The molecule has 0 saturated heterocycles. The molecule has 0 aromatic heterocycles. The third-order valence-electron chi connectivity index (χ3n) is 4.30. The Bertz CT molecular complexity index is 903. The van der Waals surface area contributed by atoms with Gasteiger partial charge in [-0.15, -0.1) is 0 Å². The number of nitrogens with zero attached hydrogens (tertiary/aromatic N) is 1. The van der Waals surface area contributed by atoms with Gasteiger partial charge < -0.3 is 9.47 Å². The highest BCUT2D eigenvalue weighted by atomic mass is 32.2. The van der Waals surface area contributed by atoms with Gasteiger partial charge in [0, 0.05) is 6.20 Å². The van der Waals surface area contributed by atoms with Crippen LogP contribution >= 0.6 is 0 Å². The molecule has 24 heavy (non-hydrogen) atoms. The summed E-state index contributed by atoms with van der Waals surface area (Å²) >= 11 is 0. The molecule has 1 atom stereocenters. The average molecular weight is 343 g/mol. The Balaban J connectivity index is 1.69. The molecule has 2 aliphatic heterocycles. The summed E-state index contributed by atoms with van der Waals surface area (Å²) in [5.74, 6) is 1.35. The van der Waals surface area contributed by atoms with Crippen molar-refractivity contribution >= 4 is 10.0 Å². The van der Waals surface area contributed by atoms with Gasteiger partial charge in [-0.05, 0) is 43.2 Å². The number of rotatable bonds is 3. The number of ether oxygens (including phenoxy) is 2. The van der Waals surface area contributed by atoms with Gasteiger partial charge in [0.1, 0.15) is 0 Å². The summed E-state index contributed by atoms with van der Waals surface area (Å²) in [6.07, 6.45) is 4.15. The Kier molecular flexibility index (Phi) is 3.49. The van der Waals surface area contributed by atoms with Crippen LogP contribution in [0.5, 0.6) is 11.5 Å². The first kappa shape index (κ1) is 15.1. The van der Waals surface area contributed by atoms with E-state index in [0.717, 1.165) is 11.1 Å². The molecule has 1 unspecified atom stereocenters. The highest BCUT2D eigenvalue weighted by Gasteiger charge is 2.33. The van der Waals surface area contributed by atoms with E-state index in [0.29, 0.717) is 22.8 Å². The molecule has 124 valence electrons. The zero-order valence-corrected chi connectivity index (χ0v) is 14.0. The lowest BCUT2D eigenvalue weighted by Crippen LogP contribution is -2.27. The van der Waals surface area contributed by atoms with E-state index in [1.54, 1.807) is 18.3 Å². The third kappa shape index (κ3) is 2.43. The van der Waals surface area contributed by atoms with Gasteiger partial charge in [-0.2, -0.15) is 0 Å². The lowest BCUT2D eigenvalue weighted by molar-refractivity contribution is 0.174. The zero-order chi connectivity index (χ0) is 16.7. The van der Waals surface area contributed by atoms with E-state index in [1.807, 2.05) is 43.3 Å². The molecule has 0 amide bonds. The van der Waals surface area contributed by atoms with E-state index < -0.39 is 10.0 Å². The van der Waals surface area contributed by atoms with E-state index >= 15 is 0 Å². The first-order valence-corrected chi connectivity index (χ1v) is 9.16. The fourth-order valence-corrected chi connectivity index (χ4v) is 4.50. The molecule has 0 fully saturated rings. The van der Waals surface area contributed by atoms with Crippen LogP contribution in [0.2, 0.25) is 0 Å². The normalized spacial score (nSPS) is 19.0. The Morgan fingerprint density at radius 1 is 1.04 bits per heavy atom. The predicted octanol–water partition coefficient (Wildman–Crippen LogP) is 3.37. The van der Waals surface area contributed by atoms with Crippen LogP contribution in [0, 0.1) is 6.92 Å². The van der Waals surface area contributed by atoms with Crippen molar-refractivity contribution in [3.63, 3.8) is 0 Å². The number of aryl methyl sites for hydroxylation is 1. The fourth-order valence-electron chi connectivity index (χ4n) is 2.98. The minimum Gasteiger partial charge on any atom is -0.454 e. The highest BCUT2D eigenvalue weighted by Crippen LogP contribution is 2.40. The van der Waals surface area contributed by atoms with E-state index in [1.165, 1.54) is 4.31 Å². The third-order valence-corrected chi connectivity index (χ3v) is 6.10. The number of sulfonamides is 1. The van der Waals surface area contributed by atoms with E-state index in [-0.39, 0.29) is 12.8 Å². The van der Waals surface area contributed by atoms with Gasteiger partial charge in [0.15, 0.2) is 11.5 Å². The molecule has 2 heterocycles. The molecule has 4 rings (SSSR count). The van der Waals surface area contributed by atoms with Crippen molar-refractivity contribution in [2.75, 3.05) is 6.79 Å². The quantitative estimate of drug-likeness (QED) is 0.857. The number of benzene rings is 2. The Morgan fingerprint density at radius 3 is 2.58 bits per heavy atom. The molecule has 0 N–H and O–H groups in total. The topological polar surface area (TPSA) is 55.8 Å². The van der Waals surface area contributed by atoms with Gasteiger partial charge in [-0.3, -0.25) is 4.31 Å². The van der Waals surface area contributed by atoms with Crippen LogP contribution in [0.4, 0.5) is 0 Å². The van der Waals surface area contributed by atoms with Crippen molar-refractivity contribution < 1.29 is 17.9 Å². The van der Waals surface area contributed by atoms with Crippen LogP contribution in [0.15, 0.2) is 59.6 Å². The summed E-state index contributed by atoms with van der Waals surface area (Å²) in [7, 11) is -3.59. The molecular weight excluding hydrogens is 326 g/mol. The number of hydrogen-bond donors (Lipinski definition) is 0. The minimum atomic E-state index is -3.59. The van der Waals surface area contributed by atoms with E-state index in [4.69, 9.17) is 9.47 Å². The van der Waals surface area contributed by atoms with Gasteiger partial charge in [-0.1, -0.05) is 29.8 Å². The average Bonchev–Trinajstić information content (AvgIpc) is 3.24. The predicted molar refractivity (Wildman–Crippen MR) is 89.3 cm³/mol. The monoisotopic (exact) mass is 343 g/mol. The Labute approximate surface area is 141 Å². The second-order valence-corrected chi connectivity index (χ2v) is 7.74. The second-order valence-electron chi connectivity index (χ2n) is 5.90. The van der Waals surface area contributed by atoms with Gasteiger partial charge in [0.2, 0.25) is 6.79 Å². The summed E-state index contributed by atoms with van der Waals surface area (Å²) in [4.78, 5) is 0.297. The summed E-state index contributed by atoms with van der Waals surface area (Å²) in [6.45, 7) is 2.13. The molecule has 5 nitrogen and oxygen atoms in total. The van der Waals surface area contributed by atoms with Crippen LogP contribution in [-0.4, -0.2) is 19.5 Å². The van der Waals surface area contributed by atoms with Gasteiger partial charge >= 0.3 is 0 Å². The molecule has 0 aliphatic carbocycles. The first-order valence-electron chi connectivity index (χ1n) is 7.72. The molecule has 0 radical (unpaired) electrons. The van der Waals surface area contributed by atoms with Gasteiger partial charge in [0.05, 0.1) is 10.9 Å². The van der Waals surface area contributed by atoms with E-state index in [9.17, 15) is 8.42 Å². The smallest absolute Gasteiger partial charge is 0.264 e. The maximum absolute atomic E-state index is 13.0. The highest BCUT2D eigenvalue weighted by molar-refractivity contribution is 7.89. The summed E-state index contributed by atoms with van der Waals surface area (Å²) < 4.78 is 38.1. The van der Waals surface area contributed by atoms with Crippen molar-refractivity contribution in [2.24, 2.45) is 0 Å². The molecule has 0 spiro atoms. The van der Waals surface area contributed by atoms with Crippen LogP contribution in [0.3, 0.4) is 0 Å². The Hall–Kier alpha value is -2.47. The lowest BCUT2D eigenvalue weighted by Gasteiger charge is -2.25. The van der Waals surface area contributed by atoms with Crippen LogP contribution in [0.25, 0.3) is 0 Å². The van der Waals surface area contributed by atoms with E-state index in [2.05, 4.69) is 0 Å². The number of fused-ring (bicyclic) bond motifs is 1. The minimum absolute atomic E-state index is 0.201. The fraction of sp³-hybridized carbons (Fsp3) is 0.222. The van der Waals surface area contributed by atoms with Crippen molar-refractivity contribution in [1.82, 2.24) is 4.31 Å². The maximum Gasteiger partial charge on any atom is 0.264 e. The molecule has 0 bridgehead atoms. The second kappa shape index (κ2) is 5.56. The molecule has 2 aromatic carbocycles. The summed E-state index contributed by atoms with van der Waals surface area (Å²) in [5, 5.41) is 0. The van der Waals surface area contributed by atoms with Gasteiger partial charge in [-0.25, -0.2) is 8.42 Å². The SMILES string of the molecule is Cc1ccc(S(=O)(=O)N2C=CCC2c2ccc3c(c2)OCO3)cc1. The largest absolute Gasteiger partial charge is 0.454 e. The molecule has 2 aromatic rings. The van der Waals surface area contributed by atoms with Crippen molar-refractivity contribution in [1.29, 1.82) is 0 Å². The first-order chi connectivity index (χ1) is 11.6. The van der Waals surface area contributed by atoms with Crippen LogP contribution in [0.1, 0.15) is 23.6 Å². The van der Waals surface area contributed by atoms with Crippen LogP contribution in [-0.2, 0) is 10.0 Å². The Morgan fingerprint density at radius 2 is 1.79 bits per heavy atom. The molecule has 2 aliphatic rings. The maximum atomic E-state index is 13.0. The standard InChI is InChI=1S/C18H17NO4S/c1-13-4-7-15(8-5-13)24(20,21)19-10-2-3-16(19)14-6-9-17-18(11-14)23-12-22-17/h2,4-11,16H,3,12H2,1H3. The molecular formula is C18H17NO4S. The summed E-state index contributed by atoms with van der Waals surface area (Å²) in [5.41, 5.74) is 1.91. The van der Waals surface area contributed by atoms with Crippen molar-refractivity contribution in [3.05, 3.63) is 65.9 Å². The molecule has 0 saturated carbocycles. The zero-order valence-electron chi connectivity index (χ0n) is 13.2. The van der Waals surface area contributed by atoms with Gasteiger partial charge in [0.25, 0.3) is 10.0 Å². The molecule has 6 heteroatoms. The van der Waals surface area contributed by atoms with Crippen molar-refractivity contribution in [2.45, 2.75) is 24.3 Å². The van der Waals surface area contributed by atoms with Crippen LogP contribution < -0.4 is 9.47 Å². The summed E-state index contributed by atoms with van der Waals surface area (Å²) in [6, 6.07) is 12.2. The number of hydrogen-bond acceptors (Lipinski definition) is 4. The lowest BCUT2D eigenvalue weighted by atomic mass is 10.1.